The van der Waals surface area contributed by atoms with Gasteiger partial charge in [0.25, 0.3) is 6.43 Å². The van der Waals surface area contributed by atoms with Crippen molar-refractivity contribution in [2.75, 3.05) is 6.61 Å². The summed E-state index contributed by atoms with van der Waals surface area (Å²) in [7, 11) is 0. The average Bonchev–Trinajstić information content (AvgIpc) is 2.29. The van der Waals surface area contributed by atoms with E-state index in [1.165, 1.54) is 6.07 Å². The maximum atomic E-state index is 12.8. The zero-order chi connectivity index (χ0) is 13.0. The molecule has 1 heterocycles. The van der Waals surface area contributed by atoms with Crippen molar-refractivity contribution < 1.29 is 18.3 Å². The van der Waals surface area contributed by atoms with E-state index >= 15 is 0 Å². The predicted molar refractivity (Wildman–Crippen MR) is 70.5 cm³/mol. The van der Waals surface area contributed by atoms with Gasteiger partial charge in [0.05, 0.1) is 15.9 Å². The lowest BCUT2D eigenvalue weighted by Crippen LogP contribution is -2.12. The lowest BCUT2D eigenvalue weighted by molar-refractivity contribution is 0.0517. The summed E-state index contributed by atoms with van der Waals surface area (Å²) in [5, 5.41) is 0.302. The molecule has 0 spiro atoms. The van der Waals surface area contributed by atoms with E-state index in [0.717, 1.165) is 0 Å². The molecule has 0 radical (unpaired) electrons. The minimum absolute atomic E-state index is 0.0558. The number of nitrogens with zero attached hydrogens (tertiary/aromatic N) is 1. The first-order valence-electron chi connectivity index (χ1n) is 4.71. The molecule has 0 atom stereocenters. The van der Waals surface area contributed by atoms with E-state index in [1.54, 1.807) is 29.5 Å². The zero-order valence-corrected chi connectivity index (χ0v) is 12.6. The number of ether oxygens (including phenoxy) is 1. The summed E-state index contributed by atoms with van der Waals surface area (Å²) in [4.78, 5) is 15.5. The fourth-order valence-electron chi connectivity index (χ4n) is 1.17. The molecule has 0 saturated heterocycles. The predicted octanol–water partition coefficient (Wildman–Crippen LogP) is 3.70. The van der Waals surface area contributed by atoms with Crippen LogP contribution in [0.3, 0.4) is 0 Å². The molecule has 1 aromatic heterocycles. The number of rotatable bonds is 4. The first kappa shape index (κ1) is 14.7. The first-order valence-corrected chi connectivity index (χ1v) is 6.91. The second kappa shape index (κ2) is 6.58. The molecule has 0 saturated carbocycles. The molecule has 17 heavy (non-hydrogen) atoms. The quantitative estimate of drug-likeness (QED) is 0.424. The standard InChI is InChI=1S/C10H9BrF2INO2/c1-2-17-10(16)8-7(14)6(9(12)13)3-5(4-11)15-8/h3,9H,2,4H2,1H3. The normalized spacial score (nSPS) is 10.7. The molecule has 1 aromatic rings. The molecule has 0 amide bonds. The lowest BCUT2D eigenvalue weighted by Gasteiger charge is -2.10. The zero-order valence-electron chi connectivity index (χ0n) is 8.84. The fraction of sp³-hybridized carbons (Fsp3) is 0.400. The van der Waals surface area contributed by atoms with Crippen LogP contribution in [0.5, 0.6) is 0 Å². The fourth-order valence-corrected chi connectivity index (χ4v) is 2.19. The third-order valence-electron chi connectivity index (χ3n) is 1.88. The molecule has 1 rings (SSSR count). The van der Waals surface area contributed by atoms with E-state index < -0.39 is 12.4 Å². The molecule has 0 bridgehead atoms. The molecule has 0 aliphatic carbocycles. The van der Waals surface area contributed by atoms with Gasteiger partial charge in [0.15, 0.2) is 5.69 Å². The van der Waals surface area contributed by atoms with Crippen molar-refractivity contribution in [2.24, 2.45) is 0 Å². The third kappa shape index (κ3) is 3.57. The van der Waals surface area contributed by atoms with Crippen LogP contribution in [0.2, 0.25) is 0 Å². The summed E-state index contributed by atoms with van der Waals surface area (Å²) in [6.07, 6.45) is -2.64. The van der Waals surface area contributed by atoms with Gasteiger partial charge in [0.1, 0.15) is 0 Å². The summed E-state index contributed by atoms with van der Waals surface area (Å²) in [6, 6.07) is 1.28. The average molecular weight is 420 g/mol. The van der Waals surface area contributed by atoms with Gasteiger partial charge >= 0.3 is 5.97 Å². The number of pyridine rings is 1. The molecule has 7 heteroatoms. The Bertz CT molecular complexity index is 429. The highest BCUT2D eigenvalue weighted by molar-refractivity contribution is 14.1. The van der Waals surface area contributed by atoms with Crippen molar-refractivity contribution >= 4 is 44.5 Å². The molecular formula is C10H9BrF2INO2. The van der Waals surface area contributed by atoms with Crippen molar-refractivity contribution in [2.45, 2.75) is 18.7 Å². The highest BCUT2D eigenvalue weighted by Crippen LogP contribution is 2.28. The maximum Gasteiger partial charge on any atom is 0.358 e. The van der Waals surface area contributed by atoms with Crippen molar-refractivity contribution in [1.82, 2.24) is 4.98 Å². The topological polar surface area (TPSA) is 39.2 Å². The van der Waals surface area contributed by atoms with Crippen LogP contribution in [-0.2, 0) is 10.1 Å². The summed E-state index contributed by atoms with van der Waals surface area (Å²) in [6.45, 7) is 1.83. The molecule has 0 unspecified atom stereocenters. The van der Waals surface area contributed by atoms with Crippen LogP contribution in [0.25, 0.3) is 0 Å². The van der Waals surface area contributed by atoms with Crippen molar-refractivity contribution in [1.29, 1.82) is 0 Å². The molecule has 0 aliphatic rings. The number of esters is 1. The molecule has 0 fully saturated rings. The van der Waals surface area contributed by atoms with Gasteiger partial charge in [0.2, 0.25) is 0 Å². The van der Waals surface area contributed by atoms with E-state index in [0.29, 0.717) is 11.0 Å². The Morgan fingerprint density at radius 1 is 1.65 bits per heavy atom. The summed E-state index contributed by atoms with van der Waals surface area (Å²) < 4.78 is 30.5. The van der Waals surface area contributed by atoms with E-state index in [-0.39, 0.29) is 21.4 Å². The van der Waals surface area contributed by atoms with Crippen LogP contribution in [0.1, 0.15) is 35.1 Å². The van der Waals surface area contributed by atoms with Crippen molar-refractivity contribution in [3.05, 3.63) is 26.6 Å². The van der Waals surface area contributed by atoms with Gasteiger partial charge < -0.3 is 4.74 Å². The Labute approximate surface area is 119 Å². The Kier molecular flexibility index (Phi) is 5.71. The lowest BCUT2D eigenvalue weighted by atomic mass is 10.2. The molecule has 0 N–H and O–H groups in total. The van der Waals surface area contributed by atoms with Crippen LogP contribution in [0.4, 0.5) is 8.78 Å². The smallest absolute Gasteiger partial charge is 0.358 e. The van der Waals surface area contributed by atoms with Gasteiger partial charge in [-0.15, -0.1) is 0 Å². The van der Waals surface area contributed by atoms with Crippen LogP contribution >= 0.6 is 38.5 Å². The van der Waals surface area contributed by atoms with Crippen LogP contribution in [0, 0.1) is 3.57 Å². The largest absolute Gasteiger partial charge is 0.461 e. The van der Waals surface area contributed by atoms with E-state index in [1.807, 2.05) is 0 Å². The SMILES string of the molecule is CCOC(=O)c1nc(CBr)cc(C(F)F)c1I. The second-order valence-electron chi connectivity index (χ2n) is 3.02. The van der Waals surface area contributed by atoms with Crippen molar-refractivity contribution in [3.63, 3.8) is 0 Å². The summed E-state index contributed by atoms with van der Waals surface area (Å²) in [5.74, 6) is -0.679. The third-order valence-corrected chi connectivity index (χ3v) is 3.59. The van der Waals surface area contributed by atoms with E-state index in [4.69, 9.17) is 4.74 Å². The van der Waals surface area contributed by atoms with Crippen LogP contribution < -0.4 is 0 Å². The summed E-state index contributed by atoms with van der Waals surface area (Å²) in [5.41, 5.74) is 0.126. The minimum atomic E-state index is -2.64. The number of carbonyl (C=O) groups is 1. The Balaban J connectivity index is 3.28. The van der Waals surface area contributed by atoms with Gasteiger partial charge in [-0.1, -0.05) is 15.9 Å². The molecule has 0 aromatic carbocycles. The van der Waals surface area contributed by atoms with Gasteiger partial charge in [-0.3, -0.25) is 0 Å². The number of halogens is 4. The number of aromatic nitrogens is 1. The van der Waals surface area contributed by atoms with E-state index in [2.05, 4.69) is 20.9 Å². The van der Waals surface area contributed by atoms with Gasteiger partial charge in [-0.2, -0.15) is 0 Å². The first-order chi connectivity index (χ1) is 8.01. The molecule has 0 aliphatic heterocycles. The highest BCUT2D eigenvalue weighted by atomic mass is 127. The Morgan fingerprint density at radius 3 is 2.76 bits per heavy atom. The van der Waals surface area contributed by atoms with E-state index in [9.17, 15) is 13.6 Å². The highest BCUT2D eigenvalue weighted by Gasteiger charge is 2.22. The maximum absolute atomic E-state index is 12.8. The number of alkyl halides is 3. The molecule has 94 valence electrons. The van der Waals surface area contributed by atoms with Gasteiger partial charge in [0, 0.05) is 10.9 Å². The van der Waals surface area contributed by atoms with Crippen LogP contribution in [0.15, 0.2) is 6.07 Å². The Hall–Kier alpha value is -0.310. The van der Waals surface area contributed by atoms with Crippen molar-refractivity contribution in [3.8, 4) is 0 Å². The van der Waals surface area contributed by atoms with Crippen LogP contribution in [-0.4, -0.2) is 17.6 Å². The van der Waals surface area contributed by atoms with Gasteiger partial charge in [-0.05, 0) is 35.6 Å². The number of carbonyl (C=O) groups excluding carboxylic acids is 1. The number of hydrogen-bond donors (Lipinski definition) is 0. The molecular weight excluding hydrogens is 411 g/mol. The number of hydrogen-bond acceptors (Lipinski definition) is 3. The molecule has 3 nitrogen and oxygen atoms in total. The summed E-state index contributed by atoms with van der Waals surface area (Å²) >= 11 is 4.81. The monoisotopic (exact) mass is 419 g/mol. The Morgan fingerprint density at radius 2 is 2.29 bits per heavy atom. The second-order valence-corrected chi connectivity index (χ2v) is 4.66. The minimum Gasteiger partial charge on any atom is -0.461 e. The van der Waals surface area contributed by atoms with Gasteiger partial charge in [-0.25, -0.2) is 18.6 Å².